The molecule has 2 aliphatic heterocycles. The van der Waals surface area contributed by atoms with Crippen LogP contribution in [0.3, 0.4) is 0 Å². The van der Waals surface area contributed by atoms with Crippen molar-refractivity contribution in [1.29, 1.82) is 0 Å². The van der Waals surface area contributed by atoms with Crippen molar-refractivity contribution in [3.05, 3.63) is 35.4 Å². The molecule has 1 aromatic carbocycles. The summed E-state index contributed by atoms with van der Waals surface area (Å²) >= 11 is 0. The molecule has 2 heterocycles. The van der Waals surface area contributed by atoms with E-state index in [-0.39, 0.29) is 23.6 Å². The second-order valence-electron chi connectivity index (χ2n) is 4.76. The van der Waals surface area contributed by atoms with E-state index in [2.05, 4.69) is 0 Å². The van der Waals surface area contributed by atoms with Crippen molar-refractivity contribution >= 4 is 5.91 Å². The minimum absolute atomic E-state index is 0.0735. The number of nitrogens with zero attached hydrogens (tertiary/aromatic N) is 1. The molecule has 3 nitrogen and oxygen atoms in total. The number of hydrogen-bond acceptors (Lipinski definition) is 2. The molecule has 1 amide bonds. The first kappa shape index (κ1) is 11.6. The van der Waals surface area contributed by atoms with E-state index in [0.29, 0.717) is 13.2 Å². The van der Waals surface area contributed by atoms with Crippen molar-refractivity contribution in [1.82, 2.24) is 4.90 Å². The van der Waals surface area contributed by atoms with Crippen LogP contribution in [-0.4, -0.2) is 36.1 Å². The van der Waals surface area contributed by atoms with Gasteiger partial charge in [0.1, 0.15) is 0 Å². The van der Waals surface area contributed by atoms with Crippen molar-refractivity contribution in [2.45, 2.75) is 24.9 Å². The average molecular weight is 253 g/mol. The van der Waals surface area contributed by atoms with E-state index in [1.54, 1.807) is 4.90 Å². The van der Waals surface area contributed by atoms with Gasteiger partial charge in [-0.1, -0.05) is 0 Å². The lowest BCUT2D eigenvalue weighted by Crippen LogP contribution is -2.49. The molecule has 3 rings (SSSR count). The SMILES string of the molecule is O=C(c1ccc(F)c(F)c1)N1C2CCC1COC2. The third-order valence-electron chi connectivity index (χ3n) is 3.64. The average Bonchev–Trinajstić information content (AvgIpc) is 2.61. The topological polar surface area (TPSA) is 29.5 Å². The molecular formula is C13H13F2NO2. The number of carbonyl (C=O) groups is 1. The largest absolute Gasteiger partial charge is 0.377 e. The molecule has 96 valence electrons. The fourth-order valence-electron chi connectivity index (χ4n) is 2.74. The molecule has 2 fully saturated rings. The Bertz CT molecular complexity index is 476. The summed E-state index contributed by atoms with van der Waals surface area (Å²) in [5.74, 6) is -2.15. The third kappa shape index (κ3) is 1.79. The monoisotopic (exact) mass is 253 g/mol. The maximum atomic E-state index is 13.1. The maximum absolute atomic E-state index is 13.1. The zero-order valence-corrected chi connectivity index (χ0v) is 9.73. The van der Waals surface area contributed by atoms with Crippen molar-refractivity contribution < 1.29 is 18.3 Å². The fourth-order valence-corrected chi connectivity index (χ4v) is 2.74. The zero-order chi connectivity index (χ0) is 12.7. The van der Waals surface area contributed by atoms with E-state index in [4.69, 9.17) is 4.74 Å². The van der Waals surface area contributed by atoms with Gasteiger partial charge in [-0.05, 0) is 31.0 Å². The van der Waals surface area contributed by atoms with E-state index < -0.39 is 11.6 Å². The Kier molecular flexibility index (Phi) is 2.78. The second kappa shape index (κ2) is 4.31. The van der Waals surface area contributed by atoms with Gasteiger partial charge in [-0.2, -0.15) is 0 Å². The number of morpholine rings is 1. The first-order valence-corrected chi connectivity index (χ1v) is 6.02. The van der Waals surface area contributed by atoms with Crippen LogP contribution in [0, 0.1) is 11.6 Å². The highest BCUT2D eigenvalue weighted by Gasteiger charge is 2.40. The first-order chi connectivity index (χ1) is 8.66. The summed E-state index contributed by atoms with van der Waals surface area (Å²) in [5.41, 5.74) is 0.202. The van der Waals surface area contributed by atoms with Crippen LogP contribution < -0.4 is 0 Å². The van der Waals surface area contributed by atoms with Gasteiger partial charge in [0.25, 0.3) is 5.91 Å². The normalized spacial score (nSPS) is 26.4. The van der Waals surface area contributed by atoms with Crippen LogP contribution in [0.15, 0.2) is 18.2 Å². The Balaban J connectivity index is 1.88. The Morgan fingerprint density at radius 3 is 2.44 bits per heavy atom. The van der Waals surface area contributed by atoms with Crippen molar-refractivity contribution in [2.75, 3.05) is 13.2 Å². The predicted octanol–water partition coefficient (Wildman–Crippen LogP) is 1.97. The van der Waals surface area contributed by atoms with Crippen LogP contribution in [0.4, 0.5) is 8.78 Å². The van der Waals surface area contributed by atoms with Crippen LogP contribution in [0.1, 0.15) is 23.2 Å². The number of hydrogen-bond donors (Lipinski definition) is 0. The number of benzene rings is 1. The van der Waals surface area contributed by atoms with E-state index >= 15 is 0 Å². The Labute approximate surface area is 103 Å². The molecule has 1 aromatic rings. The summed E-state index contributed by atoms with van der Waals surface area (Å²) < 4.78 is 31.4. The lowest BCUT2D eigenvalue weighted by molar-refractivity contribution is -0.00718. The molecule has 0 N–H and O–H groups in total. The highest BCUT2D eigenvalue weighted by atomic mass is 19.2. The smallest absolute Gasteiger partial charge is 0.254 e. The molecule has 0 aliphatic carbocycles. The molecule has 2 aliphatic rings. The lowest BCUT2D eigenvalue weighted by Gasteiger charge is -2.34. The number of ether oxygens (including phenoxy) is 1. The summed E-state index contributed by atoms with van der Waals surface area (Å²) in [6.07, 6.45) is 1.83. The summed E-state index contributed by atoms with van der Waals surface area (Å²) in [5, 5.41) is 0. The van der Waals surface area contributed by atoms with E-state index in [1.807, 2.05) is 0 Å². The molecule has 2 bridgehead atoms. The summed E-state index contributed by atoms with van der Waals surface area (Å²) in [7, 11) is 0. The zero-order valence-electron chi connectivity index (χ0n) is 9.73. The van der Waals surface area contributed by atoms with Gasteiger partial charge < -0.3 is 9.64 Å². The van der Waals surface area contributed by atoms with E-state index in [1.165, 1.54) is 6.07 Å². The van der Waals surface area contributed by atoms with Crippen LogP contribution >= 0.6 is 0 Å². The fraction of sp³-hybridized carbons (Fsp3) is 0.462. The molecule has 2 unspecified atom stereocenters. The molecule has 18 heavy (non-hydrogen) atoms. The number of halogens is 2. The van der Waals surface area contributed by atoms with Gasteiger partial charge in [0.2, 0.25) is 0 Å². The van der Waals surface area contributed by atoms with Gasteiger partial charge >= 0.3 is 0 Å². The van der Waals surface area contributed by atoms with Gasteiger partial charge in [-0.3, -0.25) is 4.79 Å². The quantitative estimate of drug-likeness (QED) is 0.765. The van der Waals surface area contributed by atoms with Crippen LogP contribution in [0.2, 0.25) is 0 Å². The van der Waals surface area contributed by atoms with Crippen molar-refractivity contribution in [2.24, 2.45) is 0 Å². The summed E-state index contributed by atoms with van der Waals surface area (Å²) in [4.78, 5) is 14.1. The second-order valence-corrected chi connectivity index (χ2v) is 4.76. The molecule has 2 saturated heterocycles. The van der Waals surface area contributed by atoms with Crippen molar-refractivity contribution in [3.63, 3.8) is 0 Å². The number of fused-ring (bicyclic) bond motifs is 2. The molecule has 0 aromatic heterocycles. The molecule has 0 spiro atoms. The third-order valence-corrected chi connectivity index (χ3v) is 3.64. The minimum atomic E-state index is -0.985. The van der Waals surface area contributed by atoms with Gasteiger partial charge in [-0.25, -0.2) is 8.78 Å². The standard InChI is InChI=1S/C13H13F2NO2/c14-11-4-1-8(5-12(11)15)13(17)16-9-2-3-10(16)7-18-6-9/h1,4-5,9-10H,2-3,6-7H2. The first-order valence-electron chi connectivity index (χ1n) is 6.02. The summed E-state index contributed by atoms with van der Waals surface area (Å²) in [6.45, 7) is 1.07. The molecule has 0 radical (unpaired) electrons. The number of amides is 1. The van der Waals surface area contributed by atoms with Crippen LogP contribution in [0.25, 0.3) is 0 Å². The Morgan fingerprint density at radius 2 is 1.83 bits per heavy atom. The van der Waals surface area contributed by atoms with Gasteiger partial charge in [-0.15, -0.1) is 0 Å². The van der Waals surface area contributed by atoms with E-state index in [0.717, 1.165) is 25.0 Å². The molecule has 5 heteroatoms. The predicted molar refractivity (Wildman–Crippen MR) is 60.2 cm³/mol. The minimum Gasteiger partial charge on any atom is -0.377 e. The van der Waals surface area contributed by atoms with Crippen LogP contribution in [-0.2, 0) is 4.74 Å². The Hall–Kier alpha value is -1.49. The molecule has 0 saturated carbocycles. The lowest BCUT2D eigenvalue weighted by atomic mass is 10.1. The molecular weight excluding hydrogens is 240 g/mol. The van der Waals surface area contributed by atoms with E-state index in [9.17, 15) is 13.6 Å². The highest BCUT2D eigenvalue weighted by molar-refractivity contribution is 5.95. The number of carbonyl (C=O) groups excluding carboxylic acids is 1. The Morgan fingerprint density at radius 1 is 1.17 bits per heavy atom. The van der Waals surface area contributed by atoms with Gasteiger partial charge in [0, 0.05) is 5.56 Å². The summed E-state index contributed by atoms with van der Waals surface area (Å²) in [6, 6.07) is 3.43. The van der Waals surface area contributed by atoms with Crippen molar-refractivity contribution in [3.8, 4) is 0 Å². The van der Waals surface area contributed by atoms with Crippen LogP contribution in [0.5, 0.6) is 0 Å². The highest BCUT2D eigenvalue weighted by Crippen LogP contribution is 2.30. The number of rotatable bonds is 1. The van der Waals surface area contributed by atoms with Gasteiger partial charge in [0.05, 0.1) is 25.3 Å². The maximum Gasteiger partial charge on any atom is 0.254 e. The van der Waals surface area contributed by atoms with Gasteiger partial charge in [0.15, 0.2) is 11.6 Å². The molecule has 2 atom stereocenters.